The van der Waals surface area contributed by atoms with Crippen LogP contribution in [0.5, 0.6) is 0 Å². The molecule has 2 bridgehead atoms. The van der Waals surface area contributed by atoms with E-state index in [1.54, 1.807) is 0 Å². The first-order chi connectivity index (χ1) is 14.8. The van der Waals surface area contributed by atoms with E-state index < -0.39 is 0 Å². The zero-order valence-electron chi connectivity index (χ0n) is 17.1. The molecule has 152 valence electrons. The van der Waals surface area contributed by atoms with Crippen LogP contribution in [0.2, 0.25) is 5.02 Å². The van der Waals surface area contributed by atoms with Gasteiger partial charge in [0, 0.05) is 22.6 Å². The van der Waals surface area contributed by atoms with Gasteiger partial charge in [-0.15, -0.1) is 0 Å². The van der Waals surface area contributed by atoms with Gasteiger partial charge in [-0.25, -0.2) is 0 Å². The van der Waals surface area contributed by atoms with Gasteiger partial charge >= 0.3 is 0 Å². The third kappa shape index (κ3) is 3.95. The zero-order chi connectivity index (χ0) is 20.3. The van der Waals surface area contributed by atoms with Crippen LogP contribution in [0.4, 0.5) is 0 Å². The summed E-state index contributed by atoms with van der Waals surface area (Å²) < 4.78 is 0. The van der Waals surface area contributed by atoms with Crippen molar-refractivity contribution in [1.82, 2.24) is 4.90 Å². The molecule has 0 aliphatic carbocycles. The Hall–Kier alpha value is -2.42. The van der Waals surface area contributed by atoms with Crippen molar-refractivity contribution in [2.45, 2.75) is 31.3 Å². The minimum atomic E-state index is 0.300. The SMILES string of the molecule is Clc1cccc(CN=C2C3CCN(CC3)C2C(c2ccccc2)c2ccccc2)c1. The molecule has 0 spiro atoms. The fourth-order valence-electron chi connectivity index (χ4n) is 5.20. The van der Waals surface area contributed by atoms with Gasteiger partial charge in [0.05, 0.1) is 12.6 Å². The van der Waals surface area contributed by atoms with Crippen molar-refractivity contribution in [3.05, 3.63) is 107 Å². The lowest BCUT2D eigenvalue weighted by molar-refractivity contribution is 0.135. The molecule has 30 heavy (non-hydrogen) atoms. The minimum Gasteiger partial charge on any atom is -0.294 e. The molecule has 0 N–H and O–H groups in total. The Balaban J connectivity index is 1.56. The lowest BCUT2D eigenvalue weighted by atomic mass is 9.72. The molecular weight excluding hydrogens is 388 g/mol. The summed E-state index contributed by atoms with van der Waals surface area (Å²) in [4.78, 5) is 7.92. The fraction of sp³-hybridized carbons (Fsp3) is 0.296. The van der Waals surface area contributed by atoms with Crippen LogP contribution in [-0.4, -0.2) is 29.7 Å². The molecule has 6 rings (SSSR count). The first-order valence-electron chi connectivity index (χ1n) is 10.9. The molecular formula is C27H27ClN2. The van der Waals surface area contributed by atoms with Crippen molar-refractivity contribution in [1.29, 1.82) is 0 Å². The Morgan fingerprint density at radius 2 is 1.47 bits per heavy atom. The third-order valence-electron chi connectivity index (χ3n) is 6.61. The summed E-state index contributed by atoms with van der Waals surface area (Å²) in [5.74, 6) is 0.891. The molecule has 3 aliphatic rings. The van der Waals surface area contributed by atoms with Gasteiger partial charge in [0.15, 0.2) is 0 Å². The zero-order valence-corrected chi connectivity index (χ0v) is 17.9. The molecule has 0 radical (unpaired) electrons. The van der Waals surface area contributed by atoms with Gasteiger partial charge in [0.25, 0.3) is 0 Å². The van der Waals surface area contributed by atoms with Gasteiger partial charge < -0.3 is 0 Å². The van der Waals surface area contributed by atoms with Crippen molar-refractivity contribution in [3.8, 4) is 0 Å². The lowest BCUT2D eigenvalue weighted by Crippen LogP contribution is -2.58. The van der Waals surface area contributed by atoms with Gasteiger partial charge in [0.2, 0.25) is 0 Å². The molecule has 0 saturated carbocycles. The van der Waals surface area contributed by atoms with Crippen LogP contribution in [0.15, 0.2) is 89.9 Å². The number of piperidine rings is 3. The number of hydrogen-bond donors (Lipinski definition) is 0. The summed E-state index contributed by atoms with van der Waals surface area (Å²) in [7, 11) is 0. The fourth-order valence-corrected chi connectivity index (χ4v) is 5.41. The number of fused-ring (bicyclic) bond motifs is 3. The Kier molecular flexibility index (Phi) is 5.70. The van der Waals surface area contributed by atoms with Crippen molar-refractivity contribution in [2.24, 2.45) is 10.9 Å². The molecule has 3 heteroatoms. The second-order valence-corrected chi connectivity index (χ2v) is 8.86. The average molecular weight is 415 g/mol. The van der Waals surface area contributed by atoms with Gasteiger partial charge in [-0.3, -0.25) is 9.89 Å². The van der Waals surface area contributed by atoms with Crippen molar-refractivity contribution in [3.63, 3.8) is 0 Å². The molecule has 3 aromatic rings. The first kappa shape index (κ1) is 19.5. The Morgan fingerprint density at radius 3 is 2.07 bits per heavy atom. The first-order valence-corrected chi connectivity index (χ1v) is 11.3. The maximum atomic E-state index is 6.21. The van der Waals surface area contributed by atoms with Crippen LogP contribution in [0, 0.1) is 5.92 Å². The largest absolute Gasteiger partial charge is 0.294 e. The van der Waals surface area contributed by atoms with Crippen molar-refractivity contribution < 1.29 is 0 Å². The number of rotatable bonds is 5. The van der Waals surface area contributed by atoms with E-state index in [4.69, 9.17) is 16.6 Å². The number of nitrogens with zero attached hydrogens (tertiary/aromatic N) is 2. The highest BCUT2D eigenvalue weighted by molar-refractivity contribution is 6.30. The summed E-state index contributed by atoms with van der Waals surface area (Å²) in [5, 5.41) is 0.782. The van der Waals surface area contributed by atoms with Gasteiger partial charge in [-0.2, -0.15) is 0 Å². The molecule has 3 heterocycles. The van der Waals surface area contributed by atoms with Crippen LogP contribution in [-0.2, 0) is 6.54 Å². The summed E-state index contributed by atoms with van der Waals surface area (Å²) in [5.41, 5.74) is 5.31. The number of aliphatic imine (C=N–C) groups is 1. The van der Waals surface area contributed by atoms with Crippen LogP contribution < -0.4 is 0 Å². The number of halogens is 1. The van der Waals surface area contributed by atoms with E-state index >= 15 is 0 Å². The second kappa shape index (κ2) is 8.75. The molecule has 3 aromatic carbocycles. The van der Waals surface area contributed by atoms with E-state index in [1.165, 1.54) is 48.3 Å². The highest BCUT2D eigenvalue weighted by atomic mass is 35.5. The molecule has 2 nitrogen and oxygen atoms in total. The van der Waals surface area contributed by atoms with E-state index in [-0.39, 0.29) is 0 Å². The average Bonchev–Trinajstić information content (AvgIpc) is 2.81. The quantitative estimate of drug-likeness (QED) is 0.484. The molecule has 3 saturated heterocycles. The maximum absolute atomic E-state index is 6.21. The maximum Gasteiger partial charge on any atom is 0.0640 e. The Bertz CT molecular complexity index is 968. The van der Waals surface area contributed by atoms with E-state index in [0.29, 0.717) is 24.4 Å². The molecule has 1 atom stereocenters. The predicted octanol–water partition coefficient (Wildman–Crippen LogP) is 6.21. The van der Waals surface area contributed by atoms with E-state index in [0.717, 1.165) is 5.02 Å². The molecule has 1 unspecified atom stereocenters. The van der Waals surface area contributed by atoms with E-state index in [9.17, 15) is 0 Å². The van der Waals surface area contributed by atoms with Gasteiger partial charge in [0.1, 0.15) is 0 Å². The van der Waals surface area contributed by atoms with Crippen LogP contribution >= 0.6 is 11.6 Å². The Labute approximate surface area is 184 Å². The summed E-state index contributed by atoms with van der Waals surface area (Å²) in [6.07, 6.45) is 2.45. The van der Waals surface area contributed by atoms with Crippen LogP contribution in [0.1, 0.15) is 35.4 Å². The van der Waals surface area contributed by atoms with Gasteiger partial charge in [-0.05, 0) is 54.8 Å². The highest BCUT2D eigenvalue weighted by Crippen LogP contribution is 2.40. The second-order valence-electron chi connectivity index (χ2n) is 8.43. The molecule has 3 fully saturated rings. The normalized spacial score (nSPS) is 24.5. The third-order valence-corrected chi connectivity index (χ3v) is 6.85. The lowest BCUT2D eigenvalue weighted by Gasteiger charge is -2.49. The number of benzene rings is 3. The van der Waals surface area contributed by atoms with Crippen LogP contribution in [0.3, 0.4) is 0 Å². The minimum absolute atomic E-state index is 0.300. The highest BCUT2D eigenvalue weighted by Gasteiger charge is 2.43. The van der Waals surface area contributed by atoms with E-state index in [2.05, 4.69) is 71.6 Å². The van der Waals surface area contributed by atoms with Gasteiger partial charge in [-0.1, -0.05) is 84.4 Å². The summed E-state index contributed by atoms with van der Waals surface area (Å²) >= 11 is 6.21. The van der Waals surface area contributed by atoms with Crippen LogP contribution in [0.25, 0.3) is 0 Å². The topological polar surface area (TPSA) is 15.6 Å². The monoisotopic (exact) mass is 414 g/mol. The predicted molar refractivity (Wildman–Crippen MR) is 125 cm³/mol. The van der Waals surface area contributed by atoms with E-state index in [1.807, 2.05) is 18.2 Å². The smallest absolute Gasteiger partial charge is 0.0640 e. The standard InChI is InChI=1S/C27H27ClN2/c28-24-13-7-8-20(18-24)19-29-26-23-14-16-30(17-15-23)27(26)25(21-9-3-1-4-10-21)22-11-5-2-6-12-22/h1-13,18,23,25,27H,14-17,19H2. The summed E-state index contributed by atoms with van der Waals surface area (Å²) in [6.45, 7) is 3.04. The van der Waals surface area contributed by atoms with Crippen molar-refractivity contribution in [2.75, 3.05) is 13.1 Å². The number of hydrogen-bond acceptors (Lipinski definition) is 2. The Morgan fingerprint density at radius 1 is 0.833 bits per heavy atom. The molecule has 0 aromatic heterocycles. The summed E-state index contributed by atoms with van der Waals surface area (Å²) in [6, 6.07) is 30.4. The molecule has 3 aliphatic heterocycles. The van der Waals surface area contributed by atoms with Crippen molar-refractivity contribution >= 4 is 17.3 Å². The molecule has 0 amide bonds.